The van der Waals surface area contributed by atoms with E-state index >= 15 is 0 Å². The van der Waals surface area contributed by atoms with Crippen LogP contribution in [0.2, 0.25) is 0 Å². The van der Waals surface area contributed by atoms with Crippen molar-refractivity contribution in [2.45, 2.75) is 19.4 Å². The standard InChI is InChI=1S/C12H16FNO/c1-3-9(2)15-12-7-10(4-5-14)6-11(13)8-12/h3,6-9H,1,4-5,14H2,2H3. The second kappa shape index (κ2) is 5.51. The van der Waals surface area contributed by atoms with E-state index in [2.05, 4.69) is 6.58 Å². The third kappa shape index (κ3) is 3.72. The lowest BCUT2D eigenvalue weighted by Crippen LogP contribution is -2.08. The molecule has 82 valence electrons. The van der Waals surface area contributed by atoms with Gasteiger partial charge in [-0.3, -0.25) is 0 Å². The zero-order chi connectivity index (χ0) is 11.3. The molecule has 15 heavy (non-hydrogen) atoms. The van der Waals surface area contributed by atoms with Crippen LogP contribution in [0.1, 0.15) is 12.5 Å². The van der Waals surface area contributed by atoms with Crippen molar-refractivity contribution >= 4 is 0 Å². The topological polar surface area (TPSA) is 35.2 Å². The molecule has 0 aliphatic carbocycles. The Morgan fingerprint density at radius 1 is 1.53 bits per heavy atom. The Morgan fingerprint density at radius 2 is 2.27 bits per heavy atom. The number of nitrogens with two attached hydrogens (primary N) is 1. The van der Waals surface area contributed by atoms with Crippen LogP contribution in [0.15, 0.2) is 30.9 Å². The largest absolute Gasteiger partial charge is 0.487 e. The van der Waals surface area contributed by atoms with Crippen LogP contribution in [0.3, 0.4) is 0 Å². The number of hydrogen-bond donors (Lipinski definition) is 1. The third-order valence-corrected chi connectivity index (χ3v) is 2.02. The molecule has 0 aliphatic rings. The molecule has 1 aromatic rings. The van der Waals surface area contributed by atoms with Crippen LogP contribution in [0, 0.1) is 5.82 Å². The molecule has 0 saturated heterocycles. The molecule has 0 aliphatic heterocycles. The fourth-order valence-corrected chi connectivity index (χ4v) is 1.26. The molecule has 1 unspecified atom stereocenters. The molecule has 1 rings (SSSR count). The van der Waals surface area contributed by atoms with Crippen LogP contribution in [-0.4, -0.2) is 12.6 Å². The Morgan fingerprint density at radius 3 is 2.87 bits per heavy atom. The molecule has 0 bridgehead atoms. The van der Waals surface area contributed by atoms with Crippen LogP contribution in [-0.2, 0) is 6.42 Å². The minimum atomic E-state index is -0.299. The van der Waals surface area contributed by atoms with Crippen LogP contribution in [0.4, 0.5) is 4.39 Å². The van der Waals surface area contributed by atoms with E-state index in [0.717, 1.165) is 5.56 Å². The first-order valence-electron chi connectivity index (χ1n) is 4.94. The van der Waals surface area contributed by atoms with Gasteiger partial charge in [0.05, 0.1) is 0 Å². The minimum absolute atomic E-state index is 0.127. The molecular formula is C12H16FNO. The van der Waals surface area contributed by atoms with E-state index < -0.39 is 0 Å². The molecule has 1 aromatic carbocycles. The summed E-state index contributed by atoms with van der Waals surface area (Å²) in [5.74, 6) is 0.220. The monoisotopic (exact) mass is 209 g/mol. The maximum absolute atomic E-state index is 13.2. The van der Waals surface area contributed by atoms with Crippen molar-refractivity contribution in [3.63, 3.8) is 0 Å². The summed E-state index contributed by atoms with van der Waals surface area (Å²) in [6.07, 6.45) is 2.18. The Labute approximate surface area is 89.6 Å². The van der Waals surface area contributed by atoms with Gasteiger partial charge in [0, 0.05) is 6.07 Å². The minimum Gasteiger partial charge on any atom is -0.487 e. The second-order valence-corrected chi connectivity index (χ2v) is 3.39. The zero-order valence-corrected chi connectivity index (χ0v) is 8.87. The van der Waals surface area contributed by atoms with Crippen molar-refractivity contribution in [1.29, 1.82) is 0 Å². The maximum atomic E-state index is 13.2. The average molecular weight is 209 g/mol. The smallest absolute Gasteiger partial charge is 0.127 e. The fourth-order valence-electron chi connectivity index (χ4n) is 1.26. The van der Waals surface area contributed by atoms with Gasteiger partial charge in [0.15, 0.2) is 0 Å². The fraction of sp³-hybridized carbons (Fsp3) is 0.333. The molecule has 3 heteroatoms. The van der Waals surface area contributed by atoms with Gasteiger partial charge in [-0.05, 0) is 37.6 Å². The van der Waals surface area contributed by atoms with Gasteiger partial charge < -0.3 is 10.5 Å². The lowest BCUT2D eigenvalue weighted by Gasteiger charge is -2.11. The number of hydrogen-bond acceptors (Lipinski definition) is 2. The van der Waals surface area contributed by atoms with Crippen molar-refractivity contribution in [2.75, 3.05) is 6.54 Å². The molecule has 0 radical (unpaired) electrons. The summed E-state index contributed by atoms with van der Waals surface area (Å²) in [4.78, 5) is 0. The Bertz CT molecular complexity index is 338. The van der Waals surface area contributed by atoms with Gasteiger partial charge in [0.2, 0.25) is 0 Å². The normalized spacial score (nSPS) is 12.2. The van der Waals surface area contributed by atoms with Gasteiger partial charge in [-0.2, -0.15) is 0 Å². The third-order valence-electron chi connectivity index (χ3n) is 2.02. The predicted molar refractivity (Wildman–Crippen MR) is 59.4 cm³/mol. The highest BCUT2D eigenvalue weighted by atomic mass is 19.1. The number of rotatable bonds is 5. The van der Waals surface area contributed by atoms with E-state index in [-0.39, 0.29) is 11.9 Å². The predicted octanol–water partition coefficient (Wildman–Crippen LogP) is 2.28. The first kappa shape index (κ1) is 11.7. The summed E-state index contributed by atoms with van der Waals surface area (Å²) in [5.41, 5.74) is 6.26. The van der Waals surface area contributed by atoms with Gasteiger partial charge in [-0.25, -0.2) is 4.39 Å². The highest BCUT2D eigenvalue weighted by molar-refractivity contribution is 5.30. The van der Waals surface area contributed by atoms with Crippen LogP contribution >= 0.6 is 0 Å². The van der Waals surface area contributed by atoms with E-state index in [1.807, 2.05) is 6.92 Å². The van der Waals surface area contributed by atoms with Crippen LogP contribution in [0.25, 0.3) is 0 Å². The highest BCUT2D eigenvalue weighted by Gasteiger charge is 2.03. The Balaban J connectivity index is 2.83. The zero-order valence-electron chi connectivity index (χ0n) is 8.87. The molecule has 0 aromatic heterocycles. The number of halogens is 1. The Kier molecular flexibility index (Phi) is 4.31. The first-order valence-corrected chi connectivity index (χ1v) is 4.94. The summed E-state index contributed by atoms with van der Waals surface area (Å²) < 4.78 is 18.6. The second-order valence-electron chi connectivity index (χ2n) is 3.39. The summed E-state index contributed by atoms with van der Waals surface area (Å²) in [5, 5.41) is 0. The highest BCUT2D eigenvalue weighted by Crippen LogP contribution is 2.18. The first-order chi connectivity index (χ1) is 7.15. The lowest BCUT2D eigenvalue weighted by molar-refractivity contribution is 0.268. The van der Waals surface area contributed by atoms with E-state index in [4.69, 9.17) is 10.5 Å². The molecule has 0 spiro atoms. The van der Waals surface area contributed by atoms with Crippen molar-refractivity contribution in [2.24, 2.45) is 5.73 Å². The van der Waals surface area contributed by atoms with Gasteiger partial charge in [-0.1, -0.05) is 12.7 Å². The van der Waals surface area contributed by atoms with Crippen molar-refractivity contribution in [3.8, 4) is 5.75 Å². The van der Waals surface area contributed by atoms with E-state index in [1.165, 1.54) is 12.1 Å². The summed E-state index contributed by atoms with van der Waals surface area (Å²) in [6.45, 7) is 5.95. The number of ether oxygens (including phenoxy) is 1. The molecule has 2 nitrogen and oxygen atoms in total. The lowest BCUT2D eigenvalue weighted by atomic mass is 10.1. The summed E-state index contributed by atoms with van der Waals surface area (Å²) in [6, 6.07) is 4.63. The molecule has 0 amide bonds. The van der Waals surface area contributed by atoms with Gasteiger partial charge in [-0.15, -0.1) is 0 Å². The molecular weight excluding hydrogens is 193 g/mol. The van der Waals surface area contributed by atoms with E-state index in [0.29, 0.717) is 18.7 Å². The maximum Gasteiger partial charge on any atom is 0.127 e. The molecule has 0 fully saturated rings. The number of benzene rings is 1. The van der Waals surface area contributed by atoms with Crippen LogP contribution in [0.5, 0.6) is 5.75 Å². The summed E-state index contributed by atoms with van der Waals surface area (Å²) >= 11 is 0. The van der Waals surface area contributed by atoms with E-state index in [9.17, 15) is 4.39 Å². The van der Waals surface area contributed by atoms with Crippen LogP contribution < -0.4 is 10.5 Å². The summed E-state index contributed by atoms with van der Waals surface area (Å²) in [7, 11) is 0. The van der Waals surface area contributed by atoms with Gasteiger partial charge >= 0.3 is 0 Å². The van der Waals surface area contributed by atoms with Crippen molar-refractivity contribution in [3.05, 3.63) is 42.2 Å². The Hall–Kier alpha value is -1.35. The SMILES string of the molecule is C=CC(C)Oc1cc(F)cc(CCN)c1. The quantitative estimate of drug-likeness (QED) is 0.755. The van der Waals surface area contributed by atoms with Crippen molar-refractivity contribution in [1.82, 2.24) is 0 Å². The van der Waals surface area contributed by atoms with Gasteiger partial charge in [0.1, 0.15) is 17.7 Å². The average Bonchev–Trinajstić information content (AvgIpc) is 2.17. The van der Waals surface area contributed by atoms with E-state index in [1.54, 1.807) is 12.1 Å². The molecule has 1 atom stereocenters. The van der Waals surface area contributed by atoms with Crippen molar-refractivity contribution < 1.29 is 9.13 Å². The van der Waals surface area contributed by atoms with Gasteiger partial charge in [0.25, 0.3) is 0 Å². The molecule has 0 heterocycles. The molecule has 2 N–H and O–H groups in total. The molecule has 0 saturated carbocycles.